The van der Waals surface area contributed by atoms with Crippen molar-refractivity contribution in [2.75, 3.05) is 12.0 Å². The summed E-state index contributed by atoms with van der Waals surface area (Å²) in [5.74, 6) is 0.784. The molecule has 0 fully saturated rings. The first-order valence-electron chi connectivity index (χ1n) is 14.3. The Balaban J connectivity index is 1.21. The number of anilines is 1. The Labute approximate surface area is 246 Å². The number of aliphatic imine (C=N–C) groups is 1. The number of carbonyl (C=O) groups is 1. The second-order valence-electron chi connectivity index (χ2n) is 9.72. The first-order chi connectivity index (χ1) is 20.6. The summed E-state index contributed by atoms with van der Waals surface area (Å²) >= 11 is 0. The summed E-state index contributed by atoms with van der Waals surface area (Å²) in [7, 11) is 0. The van der Waals surface area contributed by atoms with Gasteiger partial charge in [-0.3, -0.25) is 4.99 Å². The third-order valence-corrected chi connectivity index (χ3v) is 6.42. The van der Waals surface area contributed by atoms with Crippen molar-refractivity contribution in [2.45, 2.75) is 45.4 Å². The van der Waals surface area contributed by atoms with E-state index in [-0.39, 0.29) is 0 Å². The van der Waals surface area contributed by atoms with E-state index in [1.165, 1.54) is 32.1 Å². The smallest absolute Gasteiger partial charge is 0.343 e. The van der Waals surface area contributed by atoms with Crippen LogP contribution in [-0.4, -0.2) is 23.7 Å². The van der Waals surface area contributed by atoms with Crippen molar-refractivity contribution >= 4 is 29.2 Å². The molecule has 0 saturated heterocycles. The van der Waals surface area contributed by atoms with Gasteiger partial charge in [0, 0.05) is 6.21 Å². The van der Waals surface area contributed by atoms with Crippen LogP contribution in [0.4, 0.5) is 17.1 Å². The molecule has 0 bridgehead atoms. The van der Waals surface area contributed by atoms with Gasteiger partial charge >= 0.3 is 5.97 Å². The van der Waals surface area contributed by atoms with Crippen LogP contribution in [0.2, 0.25) is 0 Å². The van der Waals surface area contributed by atoms with Gasteiger partial charge in [0.1, 0.15) is 17.2 Å². The molecule has 0 radical (unpaired) electrons. The fraction of sp³-hybridized carbons (Fsp3) is 0.235. The molecule has 8 nitrogen and oxygen atoms in total. The van der Waals surface area contributed by atoms with Gasteiger partial charge in [0.15, 0.2) is 5.69 Å². The van der Waals surface area contributed by atoms with Gasteiger partial charge in [-0.25, -0.2) is 4.79 Å². The molecule has 0 unspecified atom stereocenters. The van der Waals surface area contributed by atoms with E-state index in [2.05, 4.69) is 22.6 Å². The van der Waals surface area contributed by atoms with Crippen molar-refractivity contribution < 1.29 is 19.1 Å². The minimum absolute atomic E-state index is 0.368. The normalized spacial score (nSPS) is 11.4. The predicted molar refractivity (Wildman–Crippen MR) is 166 cm³/mol. The molecule has 0 aliphatic carbocycles. The van der Waals surface area contributed by atoms with E-state index in [4.69, 9.17) is 9.47 Å². The molecule has 0 heterocycles. The summed E-state index contributed by atoms with van der Waals surface area (Å²) in [6, 6.07) is 30.0. The van der Waals surface area contributed by atoms with Crippen molar-refractivity contribution in [1.82, 2.24) is 0 Å². The summed E-state index contributed by atoms with van der Waals surface area (Å²) in [6.45, 7) is 2.96. The third kappa shape index (κ3) is 9.89. The maximum atomic E-state index is 12.6. The monoisotopic (exact) mass is 564 g/mol. The van der Waals surface area contributed by atoms with Crippen LogP contribution in [0.25, 0.3) is 0 Å². The van der Waals surface area contributed by atoms with Crippen molar-refractivity contribution in [3.8, 4) is 11.5 Å². The SMILES string of the molecule is CCCCCCCCOc1ccc(N=Cc2ccc(OC(=O)c3ccc(N/N=[N+](\[O-])c4ccccc4)cc3)cc2)cc1. The number of hydrogen-bond donors (Lipinski definition) is 1. The van der Waals surface area contributed by atoms with Gasteiger partial charge in [-0.05, 0) is 96.9 Å². The molecule has 4 rings (SSSR count). The van der Waals surface area contributed by atoms with Gasteiger partial charge in [-0.1, -0.05) is 57.2 Å². The molecule has 0 aliphatic rings. The number of para-hydroxylation sites is 1. The highest BCUT2D eigenvalue weighted by atomic mass is 16.5. The van der Waals surface area contributed by atoms with Gasteiger partial charge in [0.25, 0.3) is 0 Å². The summed E-state index contributed by atoms with van der Waals surface area (Å²) in [4.78, 5) is 17.6. The zero-order valence-electron chi connectivity index (χ0n) is 23.8. The minimum atomic E-state index is -0.492. The molecule has 0 aliphatic heterocycles. The van der Waals surface area contributed by atoms with E-state index in [1.807, 2.05) is 42.5 Å². The van der Waals surface area contributed by atoms with E-state index < -0.39 is 5.97 Å². The summed E-state index contributed by atoms with van der Waals surface area (Å²) in [5, 5.41) is 15.8. The van der Waals surface area contributed by atoms with E-state index in [0.717, 1.165) is 30.0 Å². The van der Waals surface area contributed by atoms with Gasteiger partial charge in [-0.2, -0.15) is 0 Å². The molecular weight excluding hydrogens is 528 g/mol. The van der Waals surface area contributed by atoms with Crippen LogP contribution in [0.5, 0.6) is 11.5 Å². The largest absolute Gasteiger partial charge is 0.691 e. The fourth-order valence-corrected chi connectivity index (χ4v) is 4.04. The summed E-state index contributed by atoms with van der Waals surface area (Å²) < 4.78 is 11.3. The maximum absolute atomic E-state index is 12.6. The van der Waals surface area contributed by atoms with Gasteiger partial charge in [0.2, 0.25) is 0 Å². The van der Waals surface area contributed by atoms with Gasteiger partial charge < -0.3 is 14.7 Å². The molecule has 4 aromatic rings. The number of carbonyl (C=O) groups excluding carboxylic acids is 1. The lowest BCUT2D eigenvalue weighted by Gasteiger charge is -2.06. The van der Waals surface area contributed by atoms with Crippen LogP contribution in [0.3, 0.4) is 0 Å². The molecule has 42 heavy (non-hydrogen) atoms. The highest BCUT2D eigenvalue weighted by molar-refractivity contribution is 5.91. The molecule has 0 amide bonds. The number of ether oxygens (including phenoxy) is 2. The second-order valence-corrected chi connectivity index (χ2v) is 9.72. The van der Waals surface area contributed by atoms with Gasteiger partial charge in [-0.15, -0.1) is 10.3 Å². The summed E-state index contributed by atoms with van der Waals surface area (Å²) in [6.07, 6.45) is 9.21. The van der Waals surface area contributed by atoms with Crippen molar-refractivity contribution in [1.29, 1.82) is 0 Å². The van der Waals surface area contributed by atoms with Crippen molar-refractivity contribution in [2.24, 2.45) is 10.2 Å². The van der Waals surface area contributed by atoms with Crippen LogP contribution >= 0.6 is 0 Å². The number of hydrogen-bond acceptors (Lipinski definition) is 6. The minimum Gasteiger partial charge on any atom is -0.691 e. The Morgan fingerprint density at radius 2 is 1.48 bits per heavy atom. The number of benzene rings is 4. The Morgan fingerprint density at radius 3 is 2.19 bits per heavy atom. The van der Waals surface area contributed by atoms with Crippen LogP contribution < -0.4 is 14.9 Å². The lowest BCUT2D eigenvalue weighted by atomic mass is 10.1. The quantitative estimate of drug-likeness (QED) is 0.0295. The Hall–Kier alpha value is -4.98. The van der Waals surface area contributed by atoms with E-state index >= 15 is 0 Å². The lowest BCUT2D eigenvalue weighted by Crippen LogP contribution is -2.08. The first kappa shape index (κ1) is 30.0. The number of rotatable bonds is 15. The first-order valence-corrected chi connectivity index (χ1v) is 14.3. The van der Waals surface area contributed by atoms with Crippen molar-refractivity contribution in [3.05, 3.63) is 119 Å². The standard InChI is InChI=1S/C34H36N4O4/c1-2-3-4-5-6-10-25-41-32-23-19-29(20-24-32)35-26-27-13-21-33(22-14-27)42-34(39)28-15-17-30(18-16-28)36-37-38(40)31-11-8-7-9-12-31/h7-9,11-24,26,36H,2-6,10,25H2,1H3/b35-26?,38-37-. The Bertz CT molecular complexity index is 1440. The molecule has 8 heteroatoms. The molecule has 0 aromatic heterocycles. The lowest BCUT2D eigenvalue weighted by molar-refractivity contribution is -0.439. The highest BCUT2D eigenvalue weighted by Crippen LogP contribution is 2.20. The zero-order chi connectivity index (χ0) is 29.4. The molecule has 4 aromatic carbocycles. The van der Waals surface area contributed by atoms with Crippen LogP contribution in [-0.2, 0) is 0 Å². The second kappa shape index (κ2) is 16.3. The fourth-order valence-electron chi connectivity index (χ4n) is 4.04. The van der Waals surface area contributed by atoms with Gasteiger partial charge in [0.05, 0.1) is 23.1 Å². The Morgan fingerprint density at radius 1 is 0.810 bits per heavy atom. The zero-order valence-corrected chi connectivity index (χ0v) is 23.8. The number of unbranched alkanes of at least 4 members (excludes halogenated alkanes) is 5. The summed E-state index contributed by atoms with van der Waals surface area (Å²) in [5.41, 5.74) is 5.71. The predicted octanol–water partition coefficient (Wildman–Crippen LogP) is 9.02. The van der Waals surface area contributed by atoms with Crippen LogP contribution in [0.15, 0.2) is 113 Å². The average Bonchev–Trinajstić information content (AvgIpc) is 3.04. The van der Waals surface area contributed by atoms with Crippen LogP contribution in [0, 0.1) is 5.21 Å². The van der Waals surface area contributed by atoms with E-state index in [1.54, 1.807) is 66.9 Å². The van der Waals surface area contributed by atoms with E-state index in [0.29, 0.717) is 27.5 Å². The highest BCUT2D eigenvalue weighted by Gasteiger charge is 2.09. The average molecular weight is 565 g/mol. The molecule has 216 valence electrons. The maximum Gasteiger partial charge on any atom is 0.343 e. The molecular formula is C34H36N4O4. The molecule has 1 N–H and O–H groups in total. The van der Waals surface area contributed by atoms with Crippen molar-refractivity contribution in [3.63, 3.8) is 0 Å². The molecule has 0 saturated carbocycles. The topological polar surface area (TPSA) is 98.4 Å². The molecule has 0 spiro atoms. The number of nitrogens with zero attached hydrogens (tertiary/aromatic N) is 3. The third-order valence-electron chi connectivity index (χ3n) is 6.42. The Kier molecular flexibility index (Phi) is 11.7. The molecule has 0 atom stereocenters. The van der Waals surface area contributed by atoms with E-state index in [9.17, 15) is 10.0 Å². The number of esters is 1. The van der Waals surface area contributed by atoms with Crippen LogP contribution in [0.1, 0.15) is 61.4 Å². The number of nitrogens with one attached hydrogen (secondary N) is 1.